The van der Waals surface area contributed by atoms with Crippen LogP contribution in [0.1, 0.15) is 32.3 Å². The number of aliphatic carboxylic acids is 1. The summed E-state index contributed by atoms with van der Waals surface area (Å²) in [5, 5.41) is 11.4. The number of carbonyl (C=O) groups is 1. The number of hydrogen-bond donors (Lipinski definition) is 0. The van der Waals surface area contributed by atoms with Crippen LogP contribution in [-0.2, 0) is 9.53 Å². The number of carboxylic acid groups (broad SMARTS) is 1. The third kappa shape index (κ3) is 5.62. The Morgan fingerprint density at radius 2 is 2.14 bits per heavy atom. The van der Waals surface area contributed by atoms with Gasteiger partial charge >= 0.3 is 29.6 Å². The van der Waals surface area contributed by atoms with E-state index in [9.17, 15) is 9.90 Å². The molecule has 3 rings (SSSR count). The Kier molecular flexibility index (Phi) is 8.35. The Labute approximate surface area is 201 Å². The van der Waals surface area contributed by atoms with Gasteiger partial charge < -0.3 is 24.3 Å². The van der Waals surface area contributed by atoms with Crippen LogP contribution in [0.4, 0.5) is 5.82 Å². The summed E-state index contributed by atoms with van der Waals surface area (Å²) in [5.41, 5.74) is -0.588. The number of carboxylic acids is 1. The molecule has 10 heteroatoms. The van der Waals surface area contributed by atoms with Crippen molar-refractivity contribution in [1.29, 1.82) is 0 Å². The molecule has 3 heterocycles. The van der Waals surface area contributed by atoms with Gasteiger partial charge in [0, 0.05) is 19.7 Å². The van der Waals surface area contributed by atoms with Gasteiger partial charge in [-0.2, -0.15) is 4.98 Å². The number of ether oxygens (including phenoxy) is 2. The van der Waals surface area contributed by atoms with Crippen molar-refractivity contribution < 1.29 is 48.9 Å². The Morgan fingerprint density at radius 3 is 2.72 bits per heavy atom. The number of thiophene rings is 1. The summed E-state index contributed by atoms with van der Waals surface area (Å²) >= 11 is 7.59. The molecule has 1 saturated heterocycles. The minimum atomic E-state index is -1.52. The van der Waals surface area contributed by atoms with E-state index in [1.54, 1.807) is 13.2 Å². The average molecular weight is 448 g/mol. The van der Waals surface area contributed by atoms with E-state index in [0.717, 1.165) is 29.8 Å². The third-order valence-corrected chi connectivity index (χ3v) is 6.20. The second kappa shape index (κ2) is 9.94. The quantitative estimate of drug-likeness (QED) is 0.538. The molecule has 0 saturated carbocycles. The summed E-state index contributed by atoms with van der Waals surface area (Å²) in [6.07, 6.45) is 2.02. The maximum Gasteiger partial charge on any atom is 1.00 e. The maximum atomic E-state index is 11.4. The molecule has 0 N–H and O–H groups in total. The largest absolute Gasteiger partial charge is 1.00 e. The summed E-state index contributed by atoms with van der Waals surface area (Å²) in [5.74, 6) is -0.0114. The van der Waals surface area contributed by atoms with E-state index < -0.39 is 11.6 Å². The van der Waals surface area contributed by atoms with Crippen LogP contribution in [0.25, 0.3) is 10.7 Å². The molecule has 0 bridgehead atoms. The van der Waals surface area contributed by atoms with Crippen molar-refractivity contribution >= 4 is 34.7 Å². The van der Waals surface area contributed by atoms with Crippen molar-refractivity contribution in [1.82, 2.24) is 9.97 Å². The molecule has 152 valence electrons. The van der Waals surface area contributed by atoms with Gasteiger partial charge in [0.25, 0.3) is 0 Å². The summed E-state index contributed by atoms with van der Waals surface area (Å²) < 4.78 is 11.7. The fourth-order valence-corrected chi connectivity index (χ4v) is 4.23. The monoisotopic (exact) mass is 447 g/mol. The van der Waals surface area contributed by atoms with Crippen LogP contribution in [0.5, 0.6) is 5.88 Å². The third-order valence-electron chi connectivity index (χ3n) is 4.65. The van der Waals surface area contributed by atoms with Gasteiger partial charge in [0.2, 0.25) is 5.88 Å². The Hall–Kier alpha value is -0.900. The minimum absolute atomic E-state index is 0. The van der Waals surface area contributed by atoms with Gasteiger partial charge in [-0.15, -0.1) is 11.3 Å². The van der Waals surface area contributed by atoms with Crippen LogP contribution >= 0.6 is 22.9 Å². The molecule has 0 aliphatic carbocycles. The summed E-state index contributed by atoms with van der Waals surface area (Å²) in [4.78, 5) is 23.5. The fraction of sp³-hybridized carbons (Fsp3) is 0.526. The number of carbonyl (C=O) groups excluding carboxylic acids is 1. The van der Waals surface area contributed by atoms with Gasteiger partial charge in [-0.25, -0.2) is 4.98 Å². The van der Waals surface area contributed by atoms with Crippen LogP contribution < -0.4 is 44.3 Å². The topological polar surface area (TPSA) is 87.6 Å². The first-order valence-corrected chi connectivity index (χ1v) is 10.2. The van der Waals surface area contributed by atoms with Gasteiger partial charge in [0.05, 0.1) is 27.8 Å². The van der Waals surface area contributed by atoms with E-state index in [1.165, 1.54) is 25.2 Å². The van der Waals surface area contributed by atoms with Crippen LogP contribution in [0, 0.1) is 6.92 Å². The predicted octanol–water partition coefficient (Wildman–Crippen LogP) is -0.307. The van der Waals surface area contributed by atoms with Gasteiger partial charge in [-0.05, 0) is 45.2 Å². The molecule has 0 radical (unpaired) electrons. The number of hydrogen-bond acceptors (Lipinski definition) is 8. The molecule has 1 fully saturated rings. The molecule has 0 unspecified atom stereocenters. The van der Waals surface area contributed by atoms with Crippen LogP contribution in [0.15, 0.2) is 12.1 Å². The van der Waals surface area contributed by atoms with Gasteiger partial charge in [0.1, 0.15) is 11.4 Å². The van der Waals surface area contributed by atoms with Crippen molar-refractivity contribution in [2.75, 3.05) is 25.2 Å². The number of halogens is 1. The Morgan fingerprint density at radius 1 is 1.41 bits per heavy atom. The van der Waals surface area contributed by atoms with Crippen molar-refractivity contribution in [2.24, 2.45) is 0 Å². The van der Waals surface area contributed by atoms with E-state index >= 15 is 0 Å². The first-order chi connectivity index (χ1) is 13.2. The van der Waals surface area contributed by atoms with Crippen molar-refractivity contribution in [3.63, 3.8) is 0 Å². The van der Waals surface area contributed by atoms with Gasteiger partial charge in [-0.3, -0.25) is 0 Å². The SMILES string of the molecule is COC[C@@H]1CCCN1c1cc(OC(C)(C)C(=O)[O-])nc(-c2cc(C)c(Cl)s2)n1.[Na+]. The maximum absolute atomic E-state index is 11.4. The number of aromatic nitrogens is 2. The Bertz CT molecular complexity index is 858. The van der Waals surface area contributed by atoms with Crippen molar-refractivity contribution in [2.45, 2.75) is 45.3 Å². The van der Waals surface area contributed by atoms with Crippen molar-refractivity contribution in [3.05, 3.63) is 22.0 Å². The van der Waals surface area contributed by atoms with E-state index in [-0.39, 0.29) is 41.5 Å². The molecule has 0 amide bonds. The molecule has 29 heavy (non-hydrogen) atoms. The van der Waals surface area contributed by atoms with E-state index in [0.29, 0.717) is 22.6 Å². The molecule has 1 atom stereocenters. The minimum Gasteiger partial charge on any atom is -0.546 e. The number of aryl methyl sites for hydroxylation is 1. The molecule has 2 aromatic rings. The number of nitrogens with zero attached hydrogens (tertiary/aromatic N) is 3. The van der Waals surface area contributed by atoms with Gasteiger partial charge in [-0.1, -0.05) is 11.6 Å². The Balaban J connectivity index is 0.00000300. The number of anilines is 1. The fourth-order valence-electron chi connectivity index (χ4n) is 3.10. The number of rotatable bonds is 7. The average Bonchev–Trinajstić information content (AvgIpc) is 3.21. The first-order valence-electron chi connectivity index (χ1n) is 9.02. The van der Waals surface area contributed by atoms with E-state index in [2.05, 4.69) is 9.88 Å². The molecular weight excluding hydrogens is 425 g/mol. The smallest absolute Gasteiger partial charge is 0.546 e. The zero-order valence-corrected chi connectivity index (χ0v) is 20.9. The van der Waals surface area contributed by atoms with Crippen LogP contribution in [0.2, 0.25) is 4.34 Å². The van der Waals surface area contributed by atoms with Crippen LogP contribution in [-0.4, -0.2) is 47.8 Å². The zero-order chi connectivity index (χ0) is 20.5. The zero-order valence-electron chi connectivity index (χ0n) is 17.3. The van der Waals surface area contributed by atoms with Gasteiger partial charge in [0.15, 0.2) is 5.82 Å². The predicted molar refractivity (Wildman–Crippen MR) is 107 cm³/mol. The number of methoxy groups -OCH3 is 1. The molecule has 7 nitrogen and oxygen atoms in total. The molecule has 0 aromatic carbocycles. The summed E-state index contributed by atoms with van der Waals surface area (Å²) in [6.45, 7) is 6.19. The van der Waals surface area contributed by atoms with Crippen molar-refractivity contribution in [3.8, 4) is 16.6 Å². The second-order valence-corrected chi connectivity index (χ2v) is 8.95. The van der Waals surface area contributed by atoms with E-state index in [1.807, 2.05) is 13.0 Å². The van der Waals surface area contributed by atoms with Crippen LogP contribution in [0.3, 0.4) is 0 Å². The van der Waals surface area contributed by atoms with E-state index in [4.69, 9.17) is 26.1 Å². The molecule has 1 aliphatic heterocycles. The standard InChI is InChI=1S/C19H24ClN3O4S.Na/c1-11-8-13(28-16(11)20)17-21-14(23-7-5-6-12(23)10-26-4)9-15(22-17)27-19(2,3)18(24)25;/h8-9,12H,5-7,10H2,1-4H3,(H,24,25);/q;+1/p-1/t12-;/m0./s1. The summed E-state index contributed by atoms with van der Waals surface area (Å²) in [6, 6.07) is 3.78. The molecule has 1 aliphatic rings. The molecule has 0 spiro atoms. The second-order valence-electron chi connectivity index (χ2n) is 7.30. The molecule has 2 aromatic heterocycles. The normalized spacial score (nSPS) is 16.6. The summed E-state index contributed by atoms with van der Waals surface area (Å²) in [7, 11) is 1.68. The molecular formula is C19H23ClN3NaO4S. The first kappa shape index (κ1) is 24.4.